The van der Waals surface area contributed by atoms with Gasteiger partial charge in [-0.2, -0.15) is 13.2 Å². The van der Waals surface area contributed by atoms with Crippen LogP contribution in [-0.2, 0) is 35.5 Å². The quantitative estimate of drug-likeness (QED) is 0.429. The number of anilines is 1. The van der Waals surface area contributed by atoms with Crippen molar-refractivity contribution >= 4 is 33.7 Å². The number of nitrogens with zero attached hydrogens (tertiary/aromatic N) is 2. The van der Waals surface area contributed by atoms with Crippen molar-refractivity contribution in [1.29, 1.82) is 0 Å². The van der Waals surface area contributed by atoms with E-state index < -0.39 is 11.7 Å². The summed E-state index contributed by atoms with van der Waals surface area (Å²) in [4.78, 5) is 21.7. The number of carbonyl (C=O) groups excluding carboxylic acids is 1. The van der Waals surface area contributed by atoms with Crippen molar-refractivity contribution in [1.82, 2.24) is 9.97 Å². The molecule has 0 bridgehead atoms. The highest BCUT2D eigenvalue weighted by molar-refractivity contribution is 7.17. The van der Waals surface area contributed by atoms with Gasteiger partial charge in [0.2, 0.25) is 5.91 Å². The number of ether oxygens (including phenoxy) is 1. The Labute approximate surface area is 194 Å². The van der Waals surface area contributed by atoms with E-state index in [-0.39, 0.29) is 37.7 Å². The van der Waals surface area contributed by atoms with Gasteiger partial charge in [-0.25, -0.2) is 9.97 Å². The standard InChI is InChI=1S/C21H20F3N3O4S2/c22-21(23,24)13-3-1-11(2-4-13)9-31-14-5-12(6-14)19(30)27-20-26-16(10-32-20)18-15(7-28)25-17(8-29)33-18/h1-4,10,12,14,28-29H,5-9H2,(H,26,27,30). The fraction of sp³-hybridized carbons (Fsp3) is 0.381. The topological polar surface area (TPSA) is 105 Å². The third kappa shape index (κ3) is 5.58. The maximum absolute atomic E-state index is 12.6. The largest absolute Gasteiger partial charge is 0.416 e. The molecule has 12 heteroatoms. The number of carbonyl (C=O) groups is 1. The molecule has 0 spiro atoms. The van der Waals surface area contributed by atoms with E-state index in [0.29, 0.717) is 44.8 Å². The lowest BCUT2D eigenvalue weighted by molar-refractivity contribution is -0.137. The summed E-state index contributed by atoms with van der Waals surface area (Å²) >= 11 is 2.49. The number of halogens is 3. The summed E-state index contributed by atoms with van der Waals surface area (Å²) in [6.45, 7) is -0.318. The van der Waals surface area contributed by atoms with Gasteiger partial charge in [0.15, 0.2) is 5.13 Å². The van der Waals surface area contributed by atoms with Gasteiger partial charge in [0.05, 0.1) is 47.8 Å². The highest BCUT2D eigenvalue weighted by Gasteiger charge is 2.36. The van der Waals surface area contributed by atoms with E-state index >= 15 is 0 Å². The van der Waals surface area contributed by atoms with Crippen molar-refractivity contribution in [2.75, 3.05) is 5.32 Å². The number of hydrogen-bond donors (Lipinski definition) is 3. The molecule has 1 aliphatic rings. The number of nitrogens with one attached hydrogen (secondary N) is 1. The zero-order chi connectivity index (χ0) is 23.6. The lowest BCUT2D eigenvalue weighted by Crippen LogP contribution is -2.39. The molecule has 1 aliphatic carbocycles. The zero-order valence-electron chi connectivity index (χ0n) is 17.1. The molecule has 0 atom stereocenters. The van der Waals surface area contributed by atoms with Crippen molar-refractivity contribution in [2.45, 2.75) is 44.9 Å². The molecule has 2 aromatic heterocycles. The van der Waals surface area contributed by atoms with Crippen LogP contribution in [0.25, 0.3) is 10.6 Å². The number of alkyl halides is 3. The van der Waals surface area contributed by atoms with Gasteiger partial charge in [0.1, 0.15) is 5.01 Å². The van der Waals surface area contributed by atoms with Gasteiger partial charge in [-0.3, -0.25) is 4.79 Å². The number of hydrogen-bond acceptors (Lipinski definition) is 8. The number of amides is 1. The number of aliphatic hydroxyl groups is 2. The van der Waals surface area contributed by atoms with E-state index in [4.69, 9.17) is 4.74 Å². The highest BCUT2D eigenvalue weighted by Crippen LogP contribution is 2.35. The predicted octanol–water partition coefficient (Wildman–Crippen LogP) is 4.20. The van der Waals surface area contributed by atoms with Gasteiger partial charge in [-0.05, 0) is 30.5 Å². The maximum atomic E-state index is 12.6. The van der Waals surface area contributed by atoms with Crippen LogP contribution >= 0.6 is 22.7 Å². The van der Waals surface area contributed by atoms with E-state index in [1.54, 1.807) is 5.38 Å². The molecule has 3 aromatic rings. The van der Waals surface area contributed by atoms with Gasteiger partial charge in [0.25, 0.3) is 0 Å². The second kappa shape index (κ2) is 9.85. The van der Waals surface area contributed by atoms with Gasteiger partial charge < -0.3 is 20.3 Å². The Hall–Kier alpha value is -2.38. The molecule has 33 heavy (non-hydrogen) atoms. The molecule has 2 heterocycles. The molecule has 0 unspecified atom stereocenters. The Morgan fingerprint density at radius 2 is 1.88 bits per heavy atom. The van der Waals surface area contributed by atoms with Crippen molar-refractivity contribution in [3.63, 3.8) is 0 Å². The Morgan fingerprint density at radius 1 is 1.15 bits per heavy atom. The van der Waals surface area contributed by atoms with Crippen molar-refractivity contribution in [3.8, 4) is 10.6 Å². The first-order valence-corrected chi connectivity index (χ1v) is 11.7. The molecule has 3 N–H and O–H groups in total. The van der Waals surface area contributed by atoms with Crippen LogP contribution in [0.1, 0.15) is 34.7 Å². The Balaban J connectivity index is 1.25. The van der Waals surface area contributed by atoms with Crippen LogP contribution < -0.4 is 5.32 Å². The van der Waals surface area contributed by atoms with Gasteiger partial charge in [0, 0.05) is 11.3 Å². The summed E-state index contributed by atoms with van der Waals surface area (Å²) in [5.41, 5.74) is 0.941. The maximum Gasteiger partial charge on any atom is 0.416 e. The van der Waals surface area contributed by atoms with Crippen LogP contribution in [0.3, 0.4) is 0 Å². The second-order valence-electron chi connectivity index (χ2n) is 7.52. The minimum Gasteiger partial charge on any atom is -0.390 e. The molecular weight excluding hydrogens is 479 g/mol. The summed E-state index contributed by atoms with van der Waals surface area (Å²) in [6, 6.07) is 4.83. The Bertz CT molecular complexity index is 1110. The van der Waals surface area contributed by atoms with Crippen molar-refractivity contribution < 1.29 is 32.9 Å². The fourth-order valence-electron chi connectivity index (χ4n) is 3.34. The van der Waals surface area contributed by atoms with Crippen LogP contribution in [0.2, 0.25) is 0 Å². The van der Waals surface area contributed by atoms with Crippen molar-refractivity contribution in [3.05, 3.63) is 51.5 Å². The predicted molar refractivity (Wildman–Crippen MR) is 116 cm³/mol. The van der Waals surface area contributed by atoms with Gasteiger partial charge in [-0.1, -0.05) is 12.1 Å². The second-order valence-corrected chi connectivity index (χ2v) is 9.46. The molecule has 0 radical (unpaired) electrons. The van der Waals surface area contributed by atoms with E-state index in [1.807, 2.05) is 0 Å². The first-order valence-electron chi connectivity index (χ1n) is 10.0. The first kappa shape index (κ1) is 23.8. The average Bonchev–Trinajstić information content (AvgIpc) is 3.38. The first-order chi connectivity index (χ1) is 15.8. The Morgan fingerprint density at radius 3 is 2.52 bits per heavy atom. The summed E-state index contributed by atoms with van der Waals surface area (Å²) in [7, 11) is 0. The SMILES string of the molecule is O=C(Nc1nc(-c2sc(CO)nc2CO)cs1)C1CC(OCc2ccc(C(F)(F)F)cc2)C1. The smallest absolute Gasteiger partial charge is 0.390 e. The van der Waals surface area contributed by atoms with Crippen LogP contribution in [0, 0.1) is 5.92 Å². The van der Waals surface area contributed by atoms with Gasteiger partial charge in [-0.15, -0.1) is 22.7 Å². The number of rotatable bonds is 8. The summed E-state index contributed by atoms with van der Waals surface area (Å²) in [5.74, 6) is -0.402. The number of aromatic nitrogens is 2. The minimum absolute atomic E-state index is 0.129. The third-order valence-electron chi connectivity index (χ3n) is 5.23. The summed E-state index contributed by atoms with van der Waals surface area (Å²) in [5, 5.41) is 24.1. The molecule has 4 rings (SSSR count). The summed E-state index contributed by atoms with van der Waals surface area (Å²) < 4.78 is 43.5. The molecule has 1 amide bonds. The van der Waals surface area contributed by atoms with E-state index in [2.05, 4.69) is 15.3 Å². The molecule has 1 fully saturated rings. The minimum atomic E-state index is -4.36. The average molecular weight is 500 g/mol. The lowest BCUT2D eigenvalue weighted by Gasteiger charge is -2.33. The number of aliphatic hydroxyl groups excluding tert-OH is 2. The highest BCUT2D eigenvalue weighted by atomic mass is 32.1. The van der Waals surface area contributed by atoms with E-state index in [1.165, 1.54) is 34.8 Å². The summed E-state index contributed by atoms with van der Waals surface area (Å²) in [6.07, 6.45) is -3.45. The van der Waals surface area contributed by atoms with Crippen LogP contribution in [-0.4, -0.2) is 32.2 Å². The van der Waals surface area contributed by atoms with E-state index in [0.717, 1.165) is 12.1 Å². The molecule has 0 saturated heterocycles. The normalized spacial score (nSPS) is 18.2. The Kier molecular flexibility index (Phi) is 7.10. The third-order valence-corrected chi connectivity index (χ3v) is 7.09. The van der Waals surface area contributed by atoms with Gasteiger partial charge >= 0.3 is 6.18 Å². The molecule has 1 aromatic carbocycles. The monoisotopic (exact) mass is 499 g/mol. The zero-order valence-corrected chi connectivity index (χ0v) is 18.8. The fourth-order valence-corrected chi connectivity index (χ4v) is 5.01. The van der Waals surface area contributed by atoms with Crippen LogP contribution in [0.4, 0.5) is 18.3 Å². The molecule has 0 aliphatic heterocycles. The lowest BCUT2D eigenvalue weighted by atomic mass is 9.81. The van der Waals surface area contributed by atoms with Crippen LogP contribution in [0.5, 0.6) is 0 Å². The van der Waals surface area contributed by atoms with Crippen molar-refractivity contribution in [2.24, 2.45) is 5.92 Å². The number of benzene rings is 1. The van der Waals surface area contributed by atoms with Crippen LogP contribution in [0.15, 0.2) is 29.6 Å². The molecule has 7 nitrogen and oxygen atoms in total. The number of thiazole rings is 2. The molecular formula is C21H20F3N3O4S2. The molecule has 1 saturated carbocycles. The molecule has 176 valence electrons. The van der Waals surface area contributed by atoms with E-state index in [9.17, 15) is 28.2 Å².